The first-order chi connectivity index (χ1) is 11.2. The smallest absolute Gasteiger partial charge is 0.0507 e. The molecule has 1 aliphatic carbocycles. The third kappa shape index (κ3) is 3.62. The van der Waals surface area contributed by atoms with E-state index in [4.69, 9.17) is 4.74 Å². The van der Waals surface area contributed by atoms with Gasteiger partial charge < -0.3 is 9.64 Å². The van der Waals surface area contributed by atoms with Gasteiger partial charge in [0, 0.05) is 51.3 Å². The van der Waals surface area contributed by atoms with E-state index in [1.165, 1.54) is 64.1 Å². The van der Waals surface area contributed by atoms with Gasteiger partial charge in [-0.3, -0.25) is 4.90 Å². The highest BCUT2D eigenvalue weighted by atomic mass is 16.5. The lowest BCUT2D eigenvalue weighted by Gasteiger charge is -2.37. The fraction of sp³-hybridized carbons (Fsp3) is 0.700. The number of benzene rings is 1. The molecule has 1 saturated carbocycles. The number of aryl methyl sites for hydroxylation is 1. The van der Waals surface area contributed by atoms with E-state index in [9.17, 15) is 0 Å². The van der Waals surface area contributed by atoms with Gasteiger partial charge in [0.25, 0.3) is 0 Å². The zero-order chi connectivity index (χ0) is 15.7. The highest BCUT2D eigenvalue weighted by Crippen LogP contribution is 2.48. The molecule has 0 amide bonds. The Bertz CT molecular complexity index is 509. The van der Waals surface area contributed by atoms with Gasteiger partial charge in [-0.1, -0.05) is 29.8 Å². The molecule has 23 heavy (non-hydrogen) atoms. The summed E-state index contributed by atoms with van der Waals surface area (Å²) in [5.41, 5.74) is 3.40. The Morgan fingerprint density at radius 2 is 1.74 bits per heavy atom. The van der Waals surface area contributed by atoms with Gasteiger partial charge in [0.15, 0.2) is 0 Å². The lowest BCUT2D eigenvalue weighted by atomic mass is 9.94. The quantitative estimate of drug-likeness (QED) is 0.831. The lowest BCUT2D eigenvalue weighted by Crippen LogP contribution is -2.49. The first kappa shape index (κ1) is 15.6. The topological polar surface area (TPSA) is 15.7 Å². The van der Waals surface area contributed by atoms with Crippen LogP contribution < -0.4 is 0 Å². The maximum absolute atomic E-state index is 5.51. The fourth-order valence-corrected chi connectivity index (χ4v) is 4.25. The maximum Gasteiger partial charge on any atom is 0.0507 e. The summed E-state index contributed by atoms with van der Waals surface area (Å²) in [7, 11) is 0. The van der Waals surface area contributed by atoms with E-state index in [2.05, 4.69) is 41.0 Å². The minimum absolute atomic E-state index is 0.467. The second kappa shape index (κ2) is 6.54. The molecule has 1 atom stereocenters. The van der Waals surface area contributed by atoms with Crippen LogP contribution in [0.15, 0.2) is 24.3 Å². The Balaban J connectivity index is 1.28. The Kier molecular flexibility index (Phi) is 4.44. The zero-order valence-corrected chi connectivity index (χ0v) is 14.5. The normalized spacial score (nSPS) is 28.1. The molecule has 1 aromatic carbocycles. The number of hydrogen-bond donors (Lipinski definition) is 0. The minimum Gasteiger partial charge on any atom is -0.381 e. The predicted molar refractivity (Wildman–Crippen MR) is 93.9 cm³/mol. The molecule has 0 aromatic heterocycles. The Morgan fingerprint density at radius 3 is 2.35 bits per heavy atom. The SMILES string of the molecule is Cc1ccc(C2(CN3CCN(C[C@H]4CCOC4)CC3)CC2)cc1. The molecular weight excluding hydrogens is 284 g/mol. The highest BCUT2D eigenvalue weighted by Gasteiger charge is 2.45. The first-order valence-electron chi connectivity index (χ1n) is 9.33. The van der Waals surface area contributed by atoms with Crippen LogP contribution in [0.5, 0.6) is 0 Å². The summed E-state index contributed by atoms with van der Waals surface area (Å²) in [6.45, 7) is 11.6. The van der Waals surface area contributed by atoms with E-state index in [1.807, 2.05) is 0 Å². The number of nitrogens with zero attached hydrogens (tertiary/aromatic N) is 2. The number of ether oxygens (including phenoxy) is 1. The van der Waals surface area contributed by atoms with Gasteiger partial charge in [0.05, 0.1) is 6.61 Å². The molecule has 2 aliphatic heterocycles. The summed E-state index contributed by atoms with van der Waals surface area (Å²) < 4.78 is 5.51. The third-order valence-corrected chi connectivity index (χ3v) is 6.05. The van der Waals surface area contributed by atoms with Crippen molar-refractivity contribution in [1.29, 1.82) is 0 Å². The molecular formula is C20H30N2O. The van der Waals surface area contributed by atoms with Gasteiger partial charge >= 0.3 is 0 Å². The van der Waals surface area contributed by atoms with Crippen molar-refractivity contribution in [3.8, 4) is 0 Å². The van der Waals surface area contributed by atoms with E-state index in [0.717, 1.165) is 19.1 Å². The average Bonchev–Trinajstić information content (AvgIpc) is 3.16. The van der Waals surface area contributed by atoms with E-state index < -0.39 is 0 Å². The van der Waals surface area contributed by atoms with Gasteiger partial charge in [0.1, 0.15) is 0 Å². The number of rotatable bonds is 5. The van der Waals surface area contributed by atoms with Crippen LogP contribution in [-0.2, 0) is 10.2 Å². The van der Waals surface area contributed by atoms with E-state index in [0.29, 0.717) is 5.41 Å². The van der Waals surface area contributed by atoms with Crippen LogP contribution in [0.25, 0.3) is 0 Å². The molecule has 0 bridgehead atoms. The molecule has 3 aliphatic rings. The molecule has 1 aromatic rings. The number of hydrogen-bond acceptors (Lipinski definition) is 3. The monoisotopic (exact) mass is 314 g/mol. The van der Waals surface area contributed by atoms with Crippen LogP contribution >= 0.6 is 0 Å². The van der Waals surface area contributed by atoms with Crippen molar-refractivity contribution in [3.05, 3.63) is 35.4 Å². The predicted octanol–water partition coefficient (Wildman–Crippen LogP) is 2.68. The van der Waals surface area contributed by atoms with Gasteiger partial charge in [0.2, 0.25) is 0 Å². The molecule has 2 heterocycles. The highest BCUT2D eigenvalue weighted by molar-refractivity contribution is 5.34. The van der Waals surface area contributed by atoms with Crippen LogP contribution in [0.2, 0.25) is 0 Å². The van der Waals surface area contributed by atoms with Crippen molar-refractivity contribution in [2.75, 3.05) is 52.5 Å². The Hall–Kier alpha value is -0.900. The van der Waals surface area contributed by atoms with Crippen LogP contribution in [0.1, 0.15) is 30.4 Å². The van der Waals surface area contributed by atoms with Gasteiger partial charge in [-0.25, -0.2) is 0 Å². The summed E-state index contributed by atoms with van der Waals surface area (Å²) in [6.07, 6.45) is 4.00. The summed E-state index contributed by atoms with van der Waals surface area (Å²) in [5, 5.41) is 0. The van der Waals surface area contributed by atoms with Gasteiger partial charge in [-0.05, 0) is 37.7 Å². The summed E-state index contributed by atoms with van der Waals surface area (Å²) in [4.78, 5) is 5.36. The second-order valence-electron chi connectivity index (χ2n) is 7.95. The summed E-state index contributed by atoms with van der Waals surface area (Å²) >= 11 is 0. The molecule has 3 heteroatoms. The van der Waals surface area contributed by atoms with Crippen molar-refractivity contribution in [3.63, 3.8) is 0 Å². The molecule has 0 unspecified atom stereocenters. The zero-order valence-electron chi connectivity index (χ0n) is 14.5. The van der Waals surface area contributed by atoms with Crippen molar-refractivity contribution in [2.45, 2.75) is 31.6 Å². The van der Waals surface area contributed by atoms with Crippen LogP contribution in [-0.4, -0.2) is 62.3 Å². The number of piperazine rings is 1. The van der Waals surface area contributed by atoms with E-state index >= 15 is 0 Å². The molecule has 3 fully saturated rings. The average molecular weight is 314 g/mol. The van der Waals surface area contributed by atoms with Crippen molar-refractivity contribution < 1.29 is 4.74 Å². The standard InChI is InChI=1S/C20H30N2O/c1-17-2-4-19(5-3-17)20(7-8-20)16-22-11-9-21(10-12-22)14-18-6-13-23-15-18/h2-5,18H,6-16H2,1H3/t18-/m1/s1. The van der Waals surface area contributed by atoms with E-state index in [-0.39, 0.29) is 0 Å². The molecule has 0 radical (unpaired) electrons. The van der Waals surface area contributed by atoms with Crippen molar-refractivity contribution in [1.82, 2.24) is 9.80 Å². The first-order valence-corrected chi connectivity index (χ1v) is 9.33. The second-order valence-corrected chi connectivity index (χ2v) is 7.95. The van der Waals surface area contributed by atoms with Crippen molar-refractivity contribution >= 4 is 0 Å². The summed E-state index contributed by atoms with van der Waals surface area (Å²) in [5.74, 6) is 0.781. The maximum atomic E-state index is 5.51. The molecule has 3 nitrogen and oxygen atoms in total. The molecule has 0 N–H and O–H groups in total. The van der Waals surface area contributed by atoms with Crippen molar-refractivity contribution in [2.24, 2.45) is 5.92 Å². The third-order valence-electron chi connectivity index (χ3n) is 6.05. The summed E-state index contributed by atoms with van der Waals surface area (Å²) in [6, 6.07) is 9.27. The van der Waals surface area contributed by atoms with E-state index in [1.54, 1.807) is 5.56 Å². The minimum atomic E-state index is 0.467. The Labute approximate surface area is 140 Å². The molecule has 4 rings (SSSR count). The van der Waals surface area contributed by atoms with Crippen LogP contribution in [0, 0.1) is 12.8 Å². The fourth-order valence-electron chi connectivity index (χ4n) is 4.25. The largest absolute Gasteiger partial charge is 0.381 e. The van der Waals surface area contributed by atoms with Crippen LogP contribution in [0.4, 0.5) is 0 Å². The van der Waals surface area contributed by atoms with Gasteiger partial charge in [-0.2, -0.15) is 0 Å². The lowest BCUT2D eigenvalue weighted by molar-refractivity contribution is 0.105. The molecule has 0 spiro atoms. The Morgan fingerprint density at radius 1 is 1.04 bits per heavy atom. The molecule has 2 saturated heterocycles. The molecule has 126 valence electrons. The van der Waals surface area contributed by atoms with Crippen LogP contribution in [0.3, 0.4) is 0 Å². The van der Waals surface area contributed by atoms with Gasteiger partial charge in [-0.15, -0.1) is 0 Å².